The predicted molar refractivity (Wildman–Crippen MR) is 74.6 cm³/mol. The van der Waals surface area contributed by atoms with E-state index in [1.54, 1.807) is 24.3 Å². The Kier molecular flexibility index (Phi) is 4.98. The molecule has 0 spiro atoms. The molecule has 1 fully saturated rings. The van der Waals surface area contributed by atoms with Crippen LogP contribution in [0.2, 0.25) is 0 Å². The second-order valence-corrected chi connectivity index (χ2v) is 4.99. The molecule has 1 N–H and O–H groups in total. The molecule has 0 unspecified atom stereocenters. The van der Waals surface area contributed by atoms with E-state index in [0.717, 1.165) is 5.56 Å². The molecule has 0 heterocycles. The second-order valence-electron chi connectivity index (χ2n) is 4.99. The molecule has 20 heavy (non-hydrogen) atoms. The van der Waals surface area contributed by atoms with E-state index in [4.69, 9.17) is 4.84 Å². The third-order valence-corrected chi connectivity index (χ3v) is 3.12. The topological polar surface area (TPSA) is 68.1 Å². The Morgan fingerprint density at radius 2 is 2.05 bits per heavy atom. The molecular formula is C15H19NO4. The van der Waals surface area contributed by atoms with E-state index in [0.29, 0.717) is 24.7 Å². The number of phenolic OH excluding ortho intramolecular Hbond substituents is 1. The maximum absolute atomic E-state index is 11.4. The second kappa shape index (κ2) is 6.93. The van der Waals surface area contributed by atoms with Gasteiger partial charge in [-0.1, -0.05) is 17.3 Å². The van der Waals surface area contributed by atoms with Gasteiger partial charge in [-0.25, -0.2) is 0 Å². The van der Waals surface area contributed by atoms with Crippen molar-refractivity contribution in [3.63, 3.8) is 0 Å². The average molecular weight is 277 g/mol. The molecule has 0 aromatic heterocycles. The lowest BCUT2D eigenvalue weighted by Crippen LogP contribution is -2.13. The number of ether oxygens (including phenoxy) is 1. The Labute approximate surface area is 118 Å². The molecule has 2 rings (SSSR count). The minimum Gasteiger partial charge on any atom is -0.508 e. The lowest BCUT2D eigenvalue weighted by molar-refractivity contribution is -0.139. The zero-order valence-electron chi connectivity index (χ0n) is 11.5. The van der Waals surface area contributed by atoms with Gasteiger partial charge in [0.05, 0.1) is 19.2 Å². The van der Waals surface area contributed by atoms with Gasteiger partial charge in [0.1, 0.15) is 12.4 Å². The number of hydrogen-bond acceptors (Lipinski definition) is 5. The van der Waals surface area contributed by atoms with Crippen LogP contribution in [-0.4, -0.2) is 30.5 Å². The molecule has 0 amide bonds. The summed E-state index contributed by atoms with van der Waals surface area (Å²) in [7, 11) is 1.35. The quantitative estimate of drug-likeness (QED) is 0.471. The maximum atomic E-state index is 11.4. The van der Waals surface area contributed by atoms with Crippen LogP contribution >= 0.6 is 0 Å². The highest BCUT2D eigenvalue weighted by Gasteiger charge is 2.22. The third kappa shape index (κ3) is 4.91. The minimum atomic E-state index is -0.336. The van der Waals surface area contributed by atoms with Crippen LogP contribution in [0.3, 0.4) is 0 Å². The number of aromatic hydroxyl groups is 1. The van der Waals surface area contributed by atoms with Crippen molar-refractivity contribution in [1.29, 1.82) is 0 Å². The molecule has 108 valence electrons. The van der Waals surface area contributed by atoms with Gasteiger partial charge in [-0.3, -0.25) is 4.79 Å². The Balaban J connectivity index is 1.96. The van der Waals surface area contributed by atoms with Crippen LogP contribution in [0.4, 0.5) is 0 Å². The fourth-order valence-electron chi connectivity index (χ4n) is 1.73. The smallest absolute Gasteiger partial charge is 0.311 e. The zero-order chi connectivity index (χ0) is 14.4. The van der Waals surface area contributed by atoms with Crippen molar-refractivity contribution in [3.05, 3.63) is 29.8 Å². The van der Waals surface area contributed by atoms with Gasteiger partial charge in [0.15, 0.2) is 0 Å². The molecule has 0 saturated heterocycles. The van der Waals surface area contributed by atoms with Gasteiger partial charge in [0.2, 0.25) is 0 Å². The number of hydrogen-bond donors (Lipinski definition) is 1. The number of benzene rings is 1. The van der Waals surface area contributed by atoms with Crippen molar-refractivity contribution < 1.29 is 19.5 Å². The first kappa shape index (κ1) is 14.4. The van der Waals surface area contributed by atoms with Crippen molar-refractivity contribution in [3.8, 4) is 5.75 Å². The average Bonchev–Trinajstić information content (AvgIpc) is 3.25. The summed E-state index contributed by atoms with van der Waals surface area (Å²) in [6.07, 6.45) is 3.00. The summed E-state index contributed by atoms with van der Waals surface area (Å²) in [5, 5.41) is 13.3. The van der Waals surface area contributed by atoms with E-state index in [1.165, 1.54) is 20.0 Å². The third-order valence-electron chi connectivity index (χ3n) is 3.12. The van der Waals surface area contributed by atoms with Gasteiger partial charge >= 0.3 is 5.97 Å². The first-order chi connectivity index (χ1) is 9.67. The number of nitrogens with zero attached hydrogens (tertiary/aromatic N) is 1. The molecule has 1 aliphatic carbocycles. The van der Waals surface area contributed by atoms with E-state index >= 15 is 0 Å². The molecule has 0 aliphatic heterocycles. The van der Waals surface area contributed by atoms with E-state index in [1.807, 2.05) is 0 Å². The van der Waals surface area contributed by atoms with Crippen LogP contribution in [0.15, 0.2) is 29.4 Å². The molecule has 1 aromatic carbocycles. The van der Waals surface area contributed by atoms with Crippen LogP contribution in [0.1, 0.15) is 24.8 Å². The van der Waals surface area contributed by atoms with Crippen molar-refractivity contribution in [2.45, 2.75) is 25.7 Å². The summed E-state index contributed by atoms with van der Waals surface area (Å²) in [4.78, 5) is 16.7. The molecule has 0 atom stereocenters. The first-order valence-electron chi connectivity index (χ1n) is 6.70. The Morgan fingerprint density at radius 1 is 1.35 bits per heavy atom. The van der Waals surface area contributed by atoms with Crippen molar-refractivity contribution in [2.75, 3.05) is 13.7 Å². The molecule has 1 saturated carbocycles. The van der Waals surface area contributed by atoms with Crippen LogP contribution in [0.5, 0.6) is 5.75 Å². The van der Waals surface area contributed by atoms with E-state index in [-0.39, 0.29) is 18.1 Å². The molecule has 0 bridgehead atoms. The molecule has 5 heteroatoms. The largest absolute Gasteiger partial charge is 0.508 e. The molecular weight excluding hydrogens is 258 g/mol. The molecule has 1 aliphatic rings. The Morgan fingerprint density at radius 3 is 2.65 bits per heavy atom. The summed E-state index contributed by atoms with van der Waals surface area (Å²) < 4.78 is 4.66. The highest BCUT2D eigenvalue weighted by atomic mass is 16.6. The molecule has 1 aromatic rings. The number of methoxy groups -OCH3 is 1. The van der Waals surface area contributed by atoms with E-state index < -0.39 is 0 Å². The van der Waals surface area contributed by atoms with Gasteiger partial charge in [0, 0.05) is 6.42 Å². The van der Waals surface area contributed by atoms with Crippen LogP contribution in [0.25, 0.3) is 0 Å². The monoisotopic (exact) mass is 277 g/mol. The number of rotatable bonds is 7. The van der Waals surface area contributed by atoms with Gasteiger partial charge in [-0.15, -0.1) is 0 Å². The number of oxime groups is 1. The summed E-state index contributed by atoms with van der Waals surface area (Å²) in [5.41, 5.74) is 1.59. The summed E-state index contributed by atoms with van der Waals surface area (Å²) >= 11 is 0. The predicted octanol–water partition coefficient (Wildman–Crippen LogP) is 2.28. The zero-order valence-corrected chi connectivity index (χ0v) is 11.5. The summed E-state index contributed by atoms with van der Waals surface area (Å²) in [5.74, 6) is 0.495. The van der Waals surface area contributed by atoms with E-state index in [2.05, 4.69) is 9.89 Å². The van der Waals surface area contributed by atoms with Crippen molar-refractivity contribution in [2.24, 2.45) is 11.1 Å². The van der Waals surface area contributed by atoms with Crippen molar-refractivity contribution in [1.82, 2.24) is 0 Å². The van der Waals surface area contributed by atoms with Gasteiger partial charge in [0.25, 0.3) is 0 Å². The standard InChI is InChI=1S/C15H19NO4/c1-19-15(18)9-13(16-20-10-12-2-3-12)8-11-4-6-14(17)7-5-11/h4-7,12,17H,2-3,8-10H2,1H3/b16-13-. The number of carbonyl (C=O) groups excluding carboxylic acids is 1. The maximum Gasteiger partial charge on any atom is 0.311 e. The normalized spacial score (nSPS) is 14.9. The van der Waals surface area contributed by atoms with Gasteiger partial charge in [-0.05, 0) is 36.5 Å². The number of carbonyl (C=O) groups is 1. The minimum absolute atomic E-state index is 0.113. The highest BCUT2D eigenvalue weighted by molar-refractivity contribution is 5.99. The lowest BCUT2D eigenvalue weighted by atomic mass is 10.1. The first-order valence-corrected chi connectivity index (χ1v) is 6.70. The van der Waals surface area contributed by atoms with Gasteiger partial charge < -0.3 is 14.7 Å². The fraction of sp³-hybridized carbons (Fsp3) is 0.467. The number of esters is 1. The van der Waals surface area contributed by atoms with Crippen molar-refractivity contribution >= 4 is 11.7 Å². The summed E-state index contributed by atoms with van der Waals surface area (Å²) in [6, 6.07) is 6.80. The van der Waals surface area contributed by atoms with Crippen LogP contribution in [0, 0.1) is 5.92 Å². The molecule has 5 nitrogen and oxygen atoms in total. The fourth-order valence-corrected chi connectivity index (χ4v) is 1.73. The Bertz CT molecular complexity index is 477. The highest BCUT2D eigenvalue weighted by Crippen LogP contribution is 2.28. The van der Waals surface area contributed by atoms with Crippen LogP contribution < -0.4 is 0 Å². The number of phenols is 1. The van der Waals surface area contributed by atoms with Crippen LogP contribution in [-0.2, 0) is 20.8 Å². The lowest BCUT2D eigenvalue weighted by Gasteiger charge is -2.06. The van der Waals surface area contributed by atoms with Gasteiger partial charge in [-0.2, -0.15) is 0 Å². The molecule has 0 radical (unpaired) electrons. The Hall–Kier alpha value is -2.04. The SMILES string of the molecule is COC(=O)C/C(Cc1ccc(O)cc1)=N\OCC1CC1. The van der Waals surface area contributed by atoms with E-state index in [9.17, 15) is 9.90 Å². The summed E-state index contributed by atoms with van der Waals surface area (Å²) in [6.45, 7) is 0.611.